The minimum atomic E-state index is -4.64. The van der Waals surface area contributed by atoms with E-state index in [2.05, 4.69) is 21.8 Å². The highest BCUT2D eigenvalue weighted by Crippen LogP contribution is 2.49. The number of carbonyl (C=O) groups is 1. The Morgan fingerprint density at radius 1 is 1.06 bits per heavy atom. The summed E-state index contributed by atoms with van der Waals surface area (Å²) >= 11 is 14.3. The summed E-state index contributed by atoms with van der Waals surface area (Å²) < 4.78 is 72.6. The fraction of sp³-hybridized carbons (Fsp3) is 0.406. The Bertz CT molecular complexity index is 2130. The van der Waals surface area contributed by atoms with Crippen molar-refractivity contribution in [2.24, 2.45) is 0 Å². The van der Waals surface area contributed by atoms with Gasteiger partial charge in [0.05, 0.1) is 28.1 Å². The molecule has 1 amide bonds. The van der Waals surface area contributed by atoms with E-state index in [0.717, 1.165) is 10.6 Å². The number of hydrogen-bond donors (Lipinski definition) is 0. The first-order valence-corrected chi connectivity index (χ1v) is 17.4. The van der Waals surface area contributed by atoms with E-state index in [0.29, 0.717) is 46.5 Å². The zero-order valence-corrected chi connectivity index (χ0v) is 29.0. The Kier molecular flexibility index (Phi) is 8.88. The second kappa shape index (κ2) is 12.8. The van der Waals surface area contributed by atoms with Crippen LogP contribution in [0.1, 0.15) is 31.5 Å². The quantitative estimate of drug-likeness (QED) is 0.139. The van der Waals surface area contributed by atoms with Crippen molar-refractivity contribution in [1.82, 2.24) is 34.1 Å². The third kappa shape index (κ3) is 5.83. The molecule has 2 aromatic heterocycles. The molecular formula is C32H29Cl2F5N8O2S. The van der Waals surface area contributed by atoms with Gasteiger partial charge in [-0.2, -0.15) is 18.2 Å². The number of aromatic nitrogens is 5. The van der Waals surface area contributed by atoms with Crippen LogP contribution in [0.3, 0.4) is 0 Å². The molecule has 50 heavy (non-hydrogen) atoms. The molecule has 3 aliphatic heterocycles. The Morgan fingerprint density at radius 3 is 2.54 bits per heavy atom. The van der Waals surface area contributed by atoms with Gasteiger partial charge in [0.1, 0.15) is 23.3 Å². The Balaban J connectivity index is 1.35. The molecule has 1 fully saturated rings. The minimum absolute atomic E-state index is 0.00981. The fourth-order valence-corrected chi connectivity index (χ4v) is 8.94. The van der Waals surface area contributed by atoms with Crippen molar-refractivity contribution in [1.29, 1.82) is 0 Å². The van der Waals surface area contributed by atoms with E-state index in [1.165, 1.54) is 22.4 Å². The lowest BCUT2D eigenvalue weighted by atomic mass is 10.0. The van der Waals surface area contributed by atoms with Crippen molar-refractivity contribution in [2.45, 2.75) is 56.1 Å². The fourth-order valence-electron chi connectivity index (χ4n) is 7.10. The lowest BCUT2D eigenvalue weighted by Gasteiger charge is -2.45. The van der Waals surface area contributed by atoms with Crippen LogP contribution in [0.15, 0.2) is 40.5 Å². The predicted molar refractivity (Wildman–Crippen MR) is 180 cm³/mol. The third-order valence-electron chi connectivity index (χ3n) is 9.43. The van der Waals surface area contributed by atoms with E-state index in [9.17, 15) is 27.2 Å². The highest BCUT2D eigenvalue weighted by Gasteiger charge is 2.41. The van der Waals surface area contributed by atoms with E-state index in [-0.39, 0.29) is 71.2 Å². The van der Waals surface area contributed by atoms with E-state index < -0.39 is 35.4 Å². The molecular weight excluding hydrogens is 726 g/mol. The monoisotopic (exact) mass is 754 g/mol. The second-order valence-electron chi connectivity index (χ2n) is 12.6. The van der Waals surface area contributed by atoms with Crippen LogP contribution in [0.25, 0.3) is 22.0 Å². The average molecular weight is 756 g/mol. The smallest absolute Gasteiger partial charge is 0.349 e. The lowest BCUT2D eigenvalue weighted by molar-refractivity contribution is -0.148. The SMILES string of the molecule is C=CC(=O)N1C[C@H](C)N(c2nc(=O)n3c4c(c(-c5cc(Cl)c(F)cc5F)c(Cl)cc24)SC[C@@H]3CN2CCn3c(nnc3C(F)(F)F)C2)C[C@H]1C. The molecule has 3 atom stereocenters. The first-order chi connectivity index (χ1) is 23.7. The van der Waals surface area contributed by atoms with Gasteiger partial charge in [-0.25, -0.2) is 13.6 Å². The molecule has 264 valence electrons. The molecule has 2 aromatic carbocycles. The van der Waals surface area contributed by atoms with Crippen molar-refractivity contribution < 1.29 is 26.7 Å². The van der Waals surface area contributed by atoms with Gasteiger partial charge in [-0.1, -0.05) is 29.8 Å². The average Bonchev–Trinajstić information content (AvgIpc) is 3.50. The molecule has 0 N–H and O–H groups in total. The summed E-state index contributed by atoms with van der Waals surface area (Å²) in [5, 5.41) is 7.47. The summed E-state index contributed by atoms with van der Waals surface area (Å²) in [7, 11) is 0. The molecule has 5 heterocycles. The van der Waals surface area contributed by atoms with Gasteiger partial charge in [-0.3, -0.25) is 14.3 Å². The number of alkyl halides is 3. The van der Waals surface area contributed by atoms with E-state index in [1.54, 1.807) is 11.0 Å². The first kappa shape index (κ1) is 34.7. The summed E-state index contributed by atoms with van der Waals surface area (Å²) in [5.41, 5.74) is 0.0373. The maximum absolute atomic E-state index is 15.4. The predicted octanol–water partition coefficient (Wildman–Crippen LogP) is 6.03. The number of thioether (sulfide) groups is 1. The topological polar surface area (TPSA) is 92.4 Å². The highest BCUT2D eigenvalue weighted by molar-refractivity contribution is 7.99. The van der Waals surface area contributed by atoms with Crippen LogP contribution in [0.2, 0.25) is 10.0 Å². The van der Waals surface area contributed by atoms with Crippen molar-refractivity contribution in [3.05, 3.63) is 74.7 Å². The standard InChI is InChI=1S/C32H29Cl2F5N8O2S/c1-4-25(48)45-10-16(3)46(11-15(45)2)29-19-8-21(34)26(18-7-20(33)23(36)9-22(18)35)28-27(19)47(31(49)40-29)17(14-50-28)12-43-5-6-44-24(13-43)41-42-30(44)32(37,38)39/h4,7-9,15-17H,1,5-6,10-14H2,2-3H3/t15-,16+,17+/m1/s1. The number of halogens is 7. The van der Waals surface area contributed by atoms with Crippen LogP contribution in [0, 0.1) is 11.6 Å². The molecule has 0 unspecified atom stereocenters. The maximum Gasteiger partial charge on any atom is 0.451 e. The van der Waals surface area contributed by atoms with Crippen molar-refractivity contribution in [2.75, 3.05) is 36.8 Å². The minimum Gasteiger partial charge on any atom is -0.349 e. The Morgan fingerprint density at radius 2 is 1.82 bits per heavy atom. The summed E-state index contributed by atoms with van der Waals surface area (Å²) in [6.45, 7) is 8.67. The Hall–Kier alpha value is -3.73. The van der Waals surface area contributed by atoms with Crippen molar-refractivity contribution in [3.8, 4) is 11.1 Å². The normalized spacial score (nSPS) is 21.1. The number of hydrogen-bond acceptors (Lipinski definition) is 8. The largest absolute Gasteiger partial charge is 0.451 e. The molecule has 0 spiro atoms. The van der Waals surface area contributed by atoms with Crippen LogP contribution in [0.5, 0.6) is 0 Å². The van der Waals surface area contributed by atoms with Gasteiger partial charge in [0.15, 0.2) is 0 Å². The number of rotatable bonds is 5. The molecule has 3 aliphatic rings. The number of piperazine rings is 1. The van der Waals surface area contributed by atoms with Gasteiger partial charge in [-0.15, -0.1) is 22.0 Å². The zero-order chi connectivity index (χ0) is 35.8. The van der Waals surface area contributed by atoms with E-state index in [4.69, 9.17) is 23.2 Å². The van der Waals surface area contributed by atoms with Gasteiger partial charge >= 0.3 is 11.9 Å². The van der Waals surface area contributed by atoms with Gasteiger partial charge in [0.2, 0.25) is 11.7 Å². The van der Waals surface area contributed by atoms with Gasteiger partial charge in [-0.05, 0) is 32.1 Å². The highest BCUT2D eigenvalue weighted by atomic mass is 35.5. The van der Waals surface area contributed by atoms with Crippen LogP contribution < -0.4 is 10.6 Å². The molecule has 18 heteroatoms. The summed E-state index contributed by atoms with van der Waals surface area (Å²) in [5.74, 6) is -2.30. The number of nitrogens with zero attached hydrogens (tertiary/aromatic N) is 8. The molecule has 0 saturated carbocycles. The zero-order valence-electron chi connectivity index (χ0n) is 26.6. The molecule has 10 nitrogen and oxygen atoms in total. The molecule has 0 bridgehead atoms. The number of benzene rings is 2. The van der Waals surface area contributed by atoms with Gasteiger partial charge in [0, 0.05) is 78.0 Å². The lowest BCUT2D eigenvalue weighted by Crippen LogP contribution is -2.58. The van der Waals surface area contributed by atoms with E-state index in [1.807, 2.05) is 23.6 Å². The molecule has 4 aromatic rings. The second-order valence-corrected chi connectivity index (χ2v) is 14.5. The number of fused-ring (bicyclic) bond motifs is 1. The van der Waals surface area contributed by atoms with Crippen molar-refractivity contribution in [3.63, 3.8) is 0 Å². The molecule has 1 saturated heterocycles. The Labute approximate surface area is 296 Å². The third-order valence-corrected chi connectivity index (χ3v) is 11.3. The van der Waals surface area contributed by atoms with Crippen LogP contribution >= 0.6 is 35.0 Å². The van der Waals surface area contributed by atoms with Crippen LogP contribution in [0.4, 0.5) is 27.8 Å². The summed E-state index contributed by atoms with van der Waals surface area (Å²) in [6, 6.07) is 2.41. The number of carbonyl (C=O) groups excluding carboxylic acids is 1. The van der Waals surface area contributed by atoms with Gasteiger partial charge < -0.3 is 14.4 Å². The van der Waals surface area contributed by atoms with Crippen LogP contribution in [-0.4, -0.2) is 84.0 Å². The van der Waals surface area contributed by atoms with Gasteiger partial charge in [0.25, 0.3) is 0 Å². The number of amides is 1. The summed E-state index contributed by atoms with van der Waals surface area (Å²) in [4.78, 5) is 37.3. The van der Waals surface area contributed by atoms with Crippen LogP contribution in [-0.2, 0) is 24.1 Å². The van der Waals surface area contributed by atoms with E-state index >= 15 is 4.39 Å². The maximum atomic E-state index is 15.4. The number of anilines is 1. The van der Waals surface area contributed by atoms with Crippen molar-refractivity contribution >= 4 is 57.6 Å². The molecule has 0 aliphatic carbocycles. The summed E-state index contributed by atoms with van der Waals surface area (Å²) in [6.07, 6.45) is -3.38. The first-order valence-electron chi connectivity index (χ1n) is 15.7. The molecule has 0 radical (unpaired) electrons. The molecule has 7 rings (SSSR count).